The van der Waals surface area contributed by atoms with E-state index in [0.29, 0.717) is 0 Å². The van der Waals surface area contributed by atoms with Crippen molar-refractivity contribution in [3.05, 3.63) is 0 Å². The molecular weight excluding hydrogens is 168 g/mol. The van der Waals surface area contributed by atoms with Crippen LogP contribution in [0.4, 0.5) is 0 Å². The van der Waals surface area contributed by atoms with Gasteiger partial charge in [0.05, 0.1) is 12.0 Å². The van der Waals surface area contributed by atoms with E-state index in [1.165, 1.54) is 0 Å². The van der Waals surface area contributed by atoms with E-state index in [1.807, 2.05) is 27.7 Å². The van der Waals surface area contributed by atoms with Gasteiger partial charge in [0.25, 0.3) is 0 Å². The summed E-state index contributed by atoms with van der Waals surface area (Å²) in [4.78, 5) is 11.0. The van der Waals surface area contributed by atoms with E-state index in [1.54, 1.807) is 0 Å². The van der Waals surface area contributed by atoms with Crippen LogP contribution in [0.2, 0.25) is 0 Å². The summed E-state index contributed by atoms with van der Waals surface area (Å²) in [7, 11) is 0. The van der Waals surface area contributed by atoms with Crippen LogP contribution in [0.25, 0.3) is 0 Å². The summed E-state index contributed by atoms with van der Waals surface area (Å²) >= 11 is 0. The predicted octanol–water partition coefficient (Wildman–Crippen LogP) is 1.50. The van der Waals surface area contributed by atoms with Crippen LogP contribution in [0, 0.1) is 16.7 Å². The van der Waals surface area contributed by atoms with Gasteiger partial charge in [-0.05, 0) is 17.3 Å². The van der Waals surface area contributed by atoms with Crippen molar-refractivity contribution in [2.45, 2.75) is 40.2 Å². The first-order valence-electron chi connectivity index (χ1n) is 4.59. The second kappa shape index (κ2) is 2.71. The number of carboxylic acid groups (broad SMARTS) is 1. The van der Waals surface area contributed by atoms with Crippen LogP contribution in [-0.4, -0.2) is 22.3 Å². The molecule has 0 aromatic carbocycles. The van der Waals surface area contributed by atoms with Crippen molar-refractivity contribution in [3.8, 4) is 0 Å². The third-order valence-electron chi connectivity index (χ3n) is 3.14. The average Bonchev–Trinajstić information content (AvgIpc) is 1.96. The summed E-state index contributed by atoms with van der Waals surface area (Å²) in [5, 5.41) is 18.8. The largest absolute Gasteiger partial charge is 0.481 e. The Hall–Kier alpha value is -0.570. The highest BCUT2D eigenvalue weighted by molar-refractivity contribution is 5.72. The van der Waals surface area contributed by atoms with E-state index in [4.69, 9.17) is 5.11 Å². The van der Waals surface area contributed by atoms with Crippen molar-refractivity contribution in [1.29, 1.82) is 0 Å². The maximum Gasteiger partial charge on any atom is 0.309 e. The van der Waals surface area contributed by atoms with Gasteiger partial charge in [0.2, 0.25) is 0 Å². The molecule has 0 aliphatic heterocycles. The van der Waals surface area contributed by atoms with Crippen LogP contribution in [0.3, 0.4) is 0 Å². The summed E-state index contributed by atoms with van der Waals surface area (Å²) in [6.07, 6.45) is 0.0120. The van der Waals surface area contributed by atoms with Crippen LogP contribution < -0.4 is 0 Å². The molecule has 1 aliphatic rings. The maximum atomic E-state index is 11.0. The molecule has 0 amide bonds. The van der Waals surface area contributed by atoms with Gasteiger partial charge < -0.3 is 10.2 Å². The summed E-state index contributed by atoms with van der Waals surface area (Å²) < 4.78 is 0. The standard InChI is InChI=1S/C10H18O3/c1-9(2)5-10(3,4)7(11)6(9)8(12)13/h6-7,11H,5H2,1-4H3,(H,12,13). The molecule has 2 unspecified atom stereocenters. The van der Waals surface area contributed by atoms with Crippen molar-refractivity contribution in [2.75, 3.05) is 0 Å². The molecule has 3 heteroatoms. The van der Waals surface area contributed by atoms with Crippen LogP contribution in [-0.2, 0) is 4.79 Å². The van der Waals surface area contributed by atoms with E-state index in [0.717, 1.165) is 6.42 Å². The third-order valence-corrected chi connectivity index (χ3v) is 3.14. The third kappa shape index (κ3) is 1.57. The van der Waals surface area contributed by atoms with Crippen molar-refractivity contribution in [3.63, 3.8) is 0 Å². The maximum absolute atomic E-state index is 11.0. The molecule has 1 saturated carbocycles. The Balaban J connectivity index is 3.02. The molecule has 0 saturated heterocycles. The van der Waals surface area contributed by atoms with Crippen molar-refractivity contribution in [1.82, 2.24) is 0 Å². The SMILES string of the molecule is CC1(C)CC(C)(C)C(C(=O)O)C1O. The Labute approximate surface area is 78.8 Å². The minimum Gasteiger partial charge on any atom is -0.481 e. The zero-order chi connectivity index (χ0) is 10.4. The summed E-state index contributed by atoms with van der Waals surface area (Å²) in [6, 6.07) is 0. The fourth-order valence-electron chi connectivity index (χ4n) is 2.74. The van der Waals surface area contributed by atoms with Crippen molar-refractivity contribution >= 4 is 5.97 Å². The molecule has 0 spiro atoms. The van der Waals surface area contributed by atoms with Crippen LogP contribution >= 0.6 is 0 Å². The Morgan fingerprint density at radius 3 is 1.85 bits per heavy atom. The van der Waals surface area contributed by atoms with E-state index in [-0.39, 0.29) is 10.8 Å². The Kier molecular flexibility index (Phi) is 2.19. The summed E-state index contributed by atoms with van der Waals surface area (Å²) in [5.41, 5.74) is -0.596. The highest BCUT2D eigenvalue weighted by Crippen LogP contribution is 2.52. The fourth-order valence-corrected chi connectivity index (χ4v) is 2.74. The smallest absolute Gasteiger partial charge is 0.309 e. The first-order chi connectivity index (χ1) is 5.68. The lowest BCUT2D eigenvalue weighted by Crippen LogP contribution is -2.35. The van der Waals surface area contributed by atoms with Gasteiger partial charge in [-0.1, -0.05) is 27.7 Å². The molecule has 0 aromatic heterocycles. The predicted molar refractivity (Wildman–Crippen MR) is 49.3 cm³/mol. The minimum absolute atomic E-state index is 0.285. The fraction of sp³-hybridized carbons (Fsp3) is 0.900. The van der Waals surface area contributed by atoms with Gasteiger partial charge in [-0.2, -0.15) is 0 Å². The number of aliphatic hydroxyl groups excluding tert-OH is 1. The summed E-state index contributed by atoms with van der Waals surface area (Å²) in [5.74, 6) is -1.52. The number of hydrogen-bond donors (Lipinski definition) is 2. The Morgan fingerprint density at radius 2 is 1.69 bits per heavy atom. The van der Waals surface area contributed by atoms with Gasteiger partial charge in [-0.25, -0.2) is 0 Å². The lowest BCUT2D eigenvalue weighted by atomic mass is 9.81. The molecule has 13 heavy (non-hydrogen) atoms. The Bertz CT molecular complexity index is 230. The van der Waals surface area contributed by atoms with Gasteiger partial charge in [0, 0.05) is 0 Å². The number of aliphatic hydroxyl groups is 1. The quantitative estimate of drug-likeness (QED) is 0.652. The van der Waals surface area contributed by atoms with Crippen LogP contribution in [0.1, 0.15) is 34.1 Å². The molecule has 1 rings (SSSR count). The number of aliphatic carboxylic acids is 1. The molecule has 0 heterocycles. The molecule has 3 nitrogen and oxygen atoms in total. The number of carbonyl (C=O) groups is 1. The second-order valence-corrected chi connectivity index (χ2v) is 5.41. The lowest BCUT2D eigenvalue weighted by molar-refractivity contribution is -0.149. The number of rotatable bonds is 1. The highest BCUT2D eigenvalue weighted by Gasteiger charge is 2.55. The number of carboxylic acids is 1. The van der Waals surface area contributed by atoms with Gasteiger partial charge in [0.15, 0.2) is 0 Å². The molecular formula is C10H18O3. The zero-order valence-electron chi connectivity index (χ0n) is 8.66. The first kappa shape index (κ1) is 10.5. The molecule has 76 valence electrons. The van der Waals surface area contributed by atoms with Gasteiger partial charge in [0.1, 0.15) is 0 Å². The second-order valence-electron chi connectivity index (χ2n) is 5.41. The van der Waals surface area contributed by atoms with Gasteiger partial charge in [-0.15, -0.1) is 0 Å². The topological polar surface area (TPSA) is 57.5 Å². The van der Waals surface area contributed by atoms with Crippen molar-refractivity contribution < 1.29 is 15.0 Å². The van der Waals surface area contributed by atoms with Gasteiger partial charge in [-0.3, -0.25) is 4.79 Å². The molecule has 2 atom stereocenters. The number of hydrogen-bond acceptors (Lipinski definition) is 2. The minimum atomic E-state index is -0.886. The van der Waals surface area contributed by atoms with Crippen molar-refractivity contribution in [2.24, 2.45) is 16.7 Å². The van der Waals surface area contributed by atoms with E-state index >= 15 is 0 Å². The summed E-state index contributed by atoms with van der Waals surface area (Å²) in [6.45, 7) is 7.65. The molecule has 0 radical (unpaired) electrons. The monoisotopic (exact) mass is 186 g/mol. The lowest BCUT2D eigenvalue weighted by Gasteiger charge is -2.24. The molecule has 1 fully saturated rings. The molecule has 1 aliphatic carbocycles. The average molecular weight is 186 g/mol. The highest BCUT2D eigenvalue weighted by atomic mass is 16.4. The van der Waals surface area contributed by atoms with E-state index in [9.17, 15) is 9.90 Å². The Morgan fingerprint density at radius 1 is 1.23 bits per heavy atom. The first-order valence-corrected chi connectivity index (χ1v) is 4.59. The van der Waals surface area contributed by atoms with E-state index in [2.05, 4.69) is 0 Å². The van der Waals surface area contributed by atoms with Crippen LogP contribution in [0.5, 0.6) is 0 Å². The van der Waals surface area contributed by atoms with Gasteiger partial charge >= 0.3 is 5.97 Å². The van der Waals surface area contributed by atoms with Crippen LogP contribution in [0.15, 0.2) is 0 Å². The zero-order valence-corrected chi connectivity index (χ0v) is 8.66. The van der Waals surface area contributed by atoms with E-state index < -0.39 is 18.0 Å². The molecule has 0 bridgehead atoms. The normalized spacial score (nSPS) is 36.1. The molecule has 2 N–H and O–H groups in total. The molecule has 0 aromatic rings.